The fourth-order valence-corrected chi connectivity index (χ4v) is 12.4. The fourth-order valence-electron chi connectivity index (χ4n) is 12.4. The molecule has 474 valence electrons. The molecule has 4 aliphatic rings. The highest BCUT2D eigenvalue weighted by Crippen LogP contribution is 2.41. The molecule has 4 fully saturated rings. The van der Waals surface area contributed by atoms with Gasteiger partial charge in [-0.3, -0.25) is 19.3 Å². The number of methoxy groups -OCH3 is 2. The number of nitrogens with zero attached hydrogens (tertiary/aromatic N) is 2. The summed E-state index contributed by atoms with van der Waals surface area (Å²) in [5, 5.41) is 40.7. The molecule has 4 aliphatic heterocycles. The molecule has 0 bridgehead atoms. The van der Waals surface area contributed by atoms with Crippen molar-refractivity contribution in [1.82, 2.24) is 10.2 Å². The minimum absolute atomic E-state index is 0.00443. The van der Waals surface area contributed by atoms with E-state index in [1.807, 2.05) is 71.9 Å². The zero-order valence-corrected chi connectivity index (χ0v) is 52.5. The standard InChI is InChI=1S/C61H101N3O19/c1-32(2)24-45(65)79-51-39(9)50(34(4)30-75-58-54(73-17)53(72-16)47(66)42(12)78-58)81-56(69)41(11)52(80-46-25-35(5)64(29-37(7)76-46)31-60(13,14)71)38(8)49(82-57-48(67)44(63-74-18)26-36(6)77-57)33(3)27-61(15,55(68)40(51)10)83-59(70)62-28-43-22-20-19-21-23-43/h19-23,32-42,46-54,57-58,66-67,71H,24-31H2,1-18H3,(H,62,70)/b63-44+/t33-,34?,35+,36+,37-,38+,39-,40+,41+,42+,46-,47+,48+,49-,50+,51+,52-,53+,54+,57-,58+,61-/m0/s1. The number of rotatable bonds is 19. The van der Waals surface area contributed by atoms with Gasteiger partial charge in [-0.2, -0.15) is 0 Å². The average molecular weight is 1180 g/mol. The molecule has 4 saturated heterocycles. The quantitative estimate of drug-likeness (QED) is 0.0668. The molecule has 0 radical (unpaired) electrons. The van der Waals surface area contributed by atoms with Crippen molar-refractivity contribution in [1.29, 1.82) is 0 Å². The summed E-state index contributed by atoms with van der Waals surface area (Å²) in [6, 6.07) is 9.04. The van der Waals surface area contributed by atoms with Gasteiger partial charge in [-0.25, -0.2) is 4.79 Å². The van der Waals surface area contributed by atoms with Gasteiger partial charge in [0.15, 0.2) is 30.3 Å². The maximum Gasteiger partial charge on any atom is 0.408 e. The molecule has 4 heterocycles. The molecule has 22 nitrogen and oxygen atoms in total. The number of ether oxygens (including phenoxy) is 11. The monoisotopic (exact) mass is 1180 g/mol. The lowest BCUT2D eigenvalue weighted by Gasteiger charge is -2.45. The number of aliphatic hydroxyl groups excluding tert-OH is 2. The van der Waals surface area contributed by atoms with E-state index in [1.54, 1.807) is 55.4 Å². The fraction of sp³-hybridized carbons (Fsp3) is 0.820. The second-order valence-corrected chi connectivity index (χ2v) is 25.3. The molecular weight excluding hydrogens is 1080 g/mol. The first-order valence-electron chi connectivity index (χ1n) is 29.7. The second kappa shape index (κ2) is 31.1. The van der Waals surface area contributed by atoms with Crippen LogP contribution in [0.5, 0.6) is 0 Å². The van der Waals surface area contributed by atoms with Crippen molar-refractivity contribution in [2.24, 2.45) is 46.6 Å². The number of cyclic esters (lactones) is 1. The van der Waals surface area contributed by atoms with Crippen molar-refractivity contribution in [3.8, 4) is 0 Å². The summed E-state index contributed by atoms with van der Waals surface area (Å²) >= 11 is 0. The number of alkyl carbamates (subject to hydrolysis) is 1. The highest BCUT2D eigenvalue weighted by Gasteiger charge is 2.53. The summed E-state index contributed by atoms with van der Waals surface area (Å²) in [5.41, 5.74) is -1.95. The summed E-state index contributed by atoms with van der Waals surface area (Å²) in [6.45, 7) is 27.4. The van der Waals surface area contributed by atoms with E-state index >= 15 is 9.59 Å². The Morgan fingerprint density at radius 3 is 2.11 bits per heavy atom. The van der Waals surface area contributed by atoms with Gasteiger partial charge < -0.3 is 77.6 Å². The number of carbonyl (C=O) groups excluding carboxylic acids is 4. The third-order valence-corrected chi connectivity index (χ3v) is 16.6. The van der Waals surface area contributed by atoms with Crippen molar-refractivity contribution in [2.75, 3.05) is 41.0 Å². The number of amides is 1. The van der Waals surface area contributed by atoms with Gasteiger partial charge >= 0.3 is 18.0 Å². The number of Topliss-reactive ketones (excluding diaryl/α,β-unsaturated/α-hetero) is 1. The predicted octanol–water partition coefficient (Wildman–Crippen LogP) is 6.35. The lowest BCUT2D eigenvalue weighted by atomic mass is 9.74. The molecular formula is C61H101N3O19. The minimum Gasteiger partial charge on any atom is -0.461 e. The van der Waals surface area contributed by atoms with Gasteiger partial charge in [-0.1, -0.05) is 84.0 Å². The molecule has 4 N–H and O–H groups in total. The number of aliphatic hydroxyl groups is 3. The van der Waals surface area contributed by atoms with Crippen LogP contribution in [0.25, 0.3) is 0 Å². The van der Waals surface area contributed by atoms with E-state index in [0.29, 0.717) is 19.5 Å². The summed E-state index contributed by atoms with van der Waals surface area (Å²) < 4.78 is 70.7. The Hall–Kier alpha value is -3.91. The molecule has 1 amide bonds. The van der Waals surface area contributed by atoms with E-state index in [4.69, 9.17) is 56.9 Å². The predicted molar refractivity (Wildman–Crippen MR) is 305 cm³/mol. The van der Waals surface area contributed by atoms with Crippen LogP contribution >= 0.6 is 0 Å². The first-order valence-corrected chi connectivity index (χ1v) is 29.7. The van der Waals surface area contributed by atoms with E-state index in [1.165, 1.54) is 28.3 Å². The van der Waals surface area contributed by atoms with Crippen molar-refractivity contribution < 1.29 is 91.4 Å². The zero-order valence-electron chi connectivity index (χ0n) is 52.5. The lowest BCUT2D eigenvalue weighted by molar-refractivity contribution is -0.305. The van der Waals surface area contributed by atoms with Gasteiger partial charge in [0.1, 0.15) is 43.7 Å². The van der Waals surface area contributed by atoms with Crippen LogP contribution in [0, 0.1) is 41.4 Å². The number of hydrogen-bond donors (Lipinski definition) is 4. The molecule has 1 unspecified atom stereocenters. The van der Waals surface area contributed by atoms with Crippen LogP contribution in [0.2, 0.25) is 0 Å². The van der Waals surface area contributed by atoms with Crippen LogP contribution in [0.4, 0.5) is 4.79 Å². The summed E-state index contributed by atoms with van der Waals surface area (Å²) in [4.78, 5) is 67.0. The summed E-state index contributed by atoms with van der Waals surface area (Å²) in [7, 11) is 4.27. The third-order valence-electron chi connectivity index (χ3n) is 16.6. The van der Waals surface area contributed by atoms with Gasteiger partial charge in [-0.05, 0) is 79.2 Å². The van der Waals surface area contributed by atoms with Crippen molar-refractivity contribution in [3.63, 3.8) is 0 Å². The SMILES string of the molecule is CO/N=C1\C[C@@H](C)O[C@@H](O[C@@H]2[C@@H](C)[C@H](O[C@H]3C[C@@H](C)N(CC(C)(C)O)C[C@H](C)O3)[C@@H](C)C(=O)O[C@H](C(C)CO[C@@H]3O[C@H](C)[C@@H](O)[C@@H](OC)[C@H]3OC)[C@H](C)[C@@H](OC(=O)CC(C)C)[C@@H](C)C(=O)[C@@](C)(OC(=O)NCc3ccccc3)C[C@@H]2C)[C@@H]1O. The van der Waals surface area contributed by atoms with Crippen molar-refractivity contribution in [2.45, 2.75) is 239 Å². The number of carbonyl (C=O) groups is 4. The van der Waals surface area contributed by atoms with E-state index in [9.17, 15) is 24.9 Å². The van der Waals surface area contributed by atoms with Crippen molar-refractivity contribution in [3.05, 3.63) is 35.9 Å². The van der Waals surface area contributed by atoms with E-state index in [-0.39, 0.29) is 50.1 Å². The lowest BCUT2D eigenvalue weighted by Crippen LogP contribution is -2.59. The number of oxime groups is 1. The van der Waals surface area contributed by atoms with Gasteiger partial charge in [0.2, 0.25) is 0 Å². The maximum absolute atomic E-state index is 15.9. The zero-order chi connectivity index (χ0) is 61.8. The van der Waals surface area contributed by atoms with E-state index in [0.717, 1.165) is 5.56 Å². The van der Waals surface area contributed by atoms with Crippen LogP contribution < -0.4 is 5.32 Å². The van der Waals surface area contributed by atoms with E-state index < -0.39 is 157 Å². The summed E-state index contributed by atoms with van der Waals surface area (Å²) in [6.07, 6.45) is -14.2. The number of β-amino-alcohol motifs (C(OH)–C–C–N with tert-alkyl or cyclic N) is 1. The molecule has 83 heavy (non-hydrogen) atoms. The molecule has 5 rings (SSSR count). The Morgan fingerprint density at radius 2 is 1.49 bits per heavy atom. The topological polar surface area (TPSA) is 267 Å². The second-order valence-electron chi connectivity index (χ2n) is 25.3. The maximum atomic E-state index is 15.9. The molecule has 0 aromatic heterocycles. The molecule has 1 aromatic carbocycles. The Labute approximate surface area is 492 Å². The molecule has 0 aliphatic carbocycles. The largest absolute Gasteiger partial charge is 0.461 e. The minimum atomic E-state index is -1.98. The van der Waals surface area contributed by atoms with Gasteiger partial charge in [0, 0.05) is 76.9 Å². The number of benzene rings is 1. The third kappa shape index (κ3) is 19.0. The Kier molecular flexibility index (Phi) is 26.2. The van der Waals surface area contributed by atoms with Gasteiger partial charge in [0.25, 0.3) is 0 Å². The number of ketones is 1. The molecule has 22 atom stereocenters. The highest BCUT2D eigenvalue weighted by atomic mass is 16.7. The van der Waals surface area contributed by atoms with Gasteiger partial charge in [-0.15, -0.1) is 0 Å². The van der Waals surface area contributed by atoms with Crippen LogP contribution in [0.1, 0.15) is 135 Å². The molecule has 0 saturated carbocycles. The summed E-state index contributed by atoms with van der Waals surface area (Å²) in [5.74, 6) is -7.65. The Morgan fingerprint density at radius 1 is 0.831 bits per heavy atom. The van der Waals surface area contributed by atoms with Crippen LogP contribution in [0.3, 0.4) is 0 Å². The van der Waals surface area contributed by atoms with Crippen LogP contribution in [-0.2, 0) is 77.9 Å². The highest BCUT2D eigenvalue weighted by molar-refractivity contribution is 5.91. The number of nitrogens with one attached hydrogen (secondary N) is 1. The molecule has 1 aromatic rings. The number of hydrogen-bond acceptors (Lipinski definition) is 21. The molecule has 22 heteroatoms. The first-order chi connectivity index (χ1) is 38.9. The van der Waals surface area contributed by atoms with Crippen molar-refractivity contribution >= 4 is 29.5 Å². The molecule has 0 spiro atoms. The van der Waals surface area contributed by atoms with Gasteiger partial charge in [0.05, 0.1) is 60.3 Å². The average Bonchev–Trinajstić information content (AvgIpc) is 3.21. The Bertz CT molecular complexity index is 2240. The first kappa shape index (κ1) is 69.9. The number of esters is 2. The normalized spacial score (nSPS) is 38.4. The van der Waals surface area contributed by atoms with Crippen LogP contribution in [-0.4, -0.2) is 194 Å². The van der Waals surface area contributed by atoms with E-state index in [2.05, 4.69) is 15.4 Å². The Balaban J connectivity index is 1.71. The smallest absolute Gasteiger partial charge is 0.408 e. The van der Waals surface area contributed by atoms with Crippen LogP contribution in [0.15, 0.2) is 35.5 Å².